The summed E-state index contributed by atoms with van der Waals surface area (Å²) in [6, 6.07) is 14.4. The lowest BCUT2D eigenvalue weighted by Gasteiger charge is -2.23. The number of rotatable bonds is 5. The molecule has 0 radical (unpaired) electrons. The van der Waals surface area contributed by atoms with Crippen molar-refractivity contribution >= 4 is 5.96 Å². The number of benzene rings is 2. The van der Waals surface area contributed by atoms with Crippen molar-refractivity contribution in [3.8, 4) is 5.75 Å². The minimum absolute atomic E-state index is 0.235. The molecule has 0 bridgehead atoms. The van der Waals surface area contributed by atoms with Gasteiger partial charge in [-0.1, -0.05) is 30.3 Å². The smallest absolute Gasteiger partial charge is 0.193 e. The Kier molecular flexibility index (Phi) is 5.97. The maximum atomic E-state index is 13.2. The van der Waals surface area contributed by atoms with E-state index < -0.39 is 0 Å². The van der Waals surface area contributed by atoms with E-state index in [1.807, 2.05) is 42.3 Å². The fourth-order valence-corrected chi connectivity index (χ4v) is 2.38. The largest absolute Gasteiger partial charge is 0.496 e. The van der Waals surface area contributed by atoms with Crippen LogP contribution in [0.5, 0.6) is 5.75 Å². The maximum absolute atomic E-state index is 13.2. The Hall–Kier alpha value is -2.56. The standard InChI is InChI=1S/C18H22FN3O/c1-20-18(21-12-14-7-6-9-16(19)11-14)22(2)13-15-8-4-5-10-17(15)23-3/h4-11H,12-13H2,1-3H3,(H,20,21). The van der Waals surface area contributed by atoms with Crippen molar-refractivity contribution in [2.24, 2.45) is 4.99 Å². The van der Waals surface area contributed by atoms with Crippen LogP contribution in [0.3, 0.4) is 0 Å². The highest BCUT2D eigenvalue weighted by Gasteiger charge is 2.09. The molecule has 4 nitrogen and oxygen atoms in total. The first-order valence-corrected chi connectivity index (χ1v) is 7.42. The Balaban J connectivity index is 2.00. The number of nitrogens with zero attached hydrogens (tertiary/aromatic N) is 2. The summed E-state index contributed by atoms with van der Waals surface area (Å²) in [5.41, 5.74) is 1.95. The lowest BCUT2D eigenvalue weighted by atomic mass is 10.2. The van der Waals surface area contributed by atoms with E-state index in [-0.39, 0.29) is 5.82 Å². The number of ether oxygens (including phenoxy) is 1. The van der Waals surface area contributed by atoms with E-state index in [1.54, 1.807) is 20.2 Å². The number of guanidine groups is 1. The van der Waals surface area contributed by atoms with Gasteiger partial charge in [0.05, 0.1) is 7.11 Å². The van der Waals surface area contributed by atoms with E-state index in [2.05, 4.69) is 10.3 Å². The zero-order chi connectivity index (χ0) is 16.7. The molecule has 122 valence electrons. The van der Waals surface area contributed by atoms with Crippen molar-refractivity contribution in [3.05, 3.63) is 65.5 Å². The van der Waals surface area contributed by atoms with E-state index in [0.29, 0.717) is 13.1 Å². The Morgan fingerprint density at radius 2 is 2.00 bits per heavy atom. The summed E-state index contributed by atoms with van der Waals surface area (Å²) in [5, 5.41) is 3.24. The van der Waals surface area contributed by atoms with E-state index in [4.69, 9.17) is 4.74 Å². The first-order chi connectivity index (χ1) is 11.1. The molecule has 1 N–H and O–H groups in total. The van der Waals surface area contributed by atoms with Crippen LogP contribution >= 0.6 is 0 Å². The van der Waals surface area contributed by atoms with E-state index in [0.717, 1.165) is 22.8 Å². The molecule has 0 aliphatic carbocycles. The lowest BCUT2D eigenvalue weighted by molar-refractivity contribution is 0.396. The summed E-state index contributed by atoms with van der Waals surface area (Å²) < 4.78 is 18.6. The van der Waals surface area contributed by atoms with Gasteiger partial charge in [-0.25, -0.2) is 4.39 Å². The van der Waals surface area contributed by atoms with Gasteiger partial charge in [-0.3, -0.25) is 4.99 Å². The molecule has 0 atom stereocenters. The molecule has 5 heteroatoms. The Morgan fingerprint density at radius 3 is 2.70 bits per heavy atom. The molecule has 2 rings (SSSR count). The van der Waals surface area contributed by atoms with Crippen molar-refractivity contribution in [2.75, 3.05) is 21.2 Å². The second-order valence-corrected chi connectivity index (χ2v) is 5.20. The quantitative estimate of drug-likeness (QED) is 0.680. The number of nitrogens with one attached hydrogen (secondary N) is 1. The summed E-state index contributed by atoms with van der Waals surface area (Å²) in [5.74, 6) is 1.35. The Labute approximate surface area is 136 Å². The molecule has 0 spiro atoms. The average Bonchev–Trinajstić information content (AvgIpc) is 2.56. The average molecular weight is 315 g/mol. The Morgan fingerprint density at radius 1 is 1.22 bits per heavy atom. The van der Waals surface area contributed by atoms with Crippen molar-refractivity contribution in [1.82, 2.24) is 10.2 Å². The van der Waals surface area contributed by atoms with Gasteiger partial charge >= 0.3 is 0 Å². The zero-order valence-electron chi connectivity index (χ0n) is 13.7. The van der Waals surface area contributed by atoms with Gasteiger partial charge in [-0.2, -0.15) is 0 Å². The normalized spacial score (nSPS) is 11.2. The van der Waals surface area contributed by atoms with Gasteiger partial charge in [0.2, 0.25) is 0 Å². The molecule has 0 aliphatic heterocycles. The third-order valence-electron chi connectivity index (χ3n) is 3.51. The van der Waals surface area contributed by atoms with Gasteiger partial charge in [0.25, 0.3) is 0 Å². The van der Waals surface area contributed by atoms with Crippen LogP contribution in [0.15, 0.2) is 53.5 Å². The number of hydrogen-bond acceptors (Lipinski definition) is 2. The molecule has 23 heavy (non-hydrogen) atoms. The molecule has 0 heterocycles. The van der Waals surface area contributed by atoms with Crippen LogP contribution in [-0.2, 0) is 13.1 Å². The lowest BCUT2D eigenvalue weighted by Crippen LogP contribution is -2.38. The van der Waals surface area contributed by atoms with Gasteiger partial charge in [-0.05, 0) is 23.8 Å². The molecule has 0 aliphatic rings. The first kappa shape index (κ1) is 16.8. The molecule has 0 amide bonds. The number of halogens is 1. The van der Waals surface area contributed by atoms with E-state index >= 15 is 0 Å². The van der Waals surface area contributed by atoms with Crippen LogP contribution in [-0.4, -0.2) is 32.1 Å². The minimum Gasteiger partial charge on any atom is -0.496 e. The highest BCUT2D eigenvalue weighted by Crippen LogP contribution is 2.18. The third kappa shape index (κ3) is 4.71. The summed E-state index contributed by atoms with van der Waals surface area (Å²) >= 11 is 0. The van der Waals surface area contributed by atoms with Crippen LogP contribution in [0.1, 0.15) is 11.1 Å². The minimum atomic E-state index is -0.235. The summed E-state index contributed by atoms with van der Waals surface area (Å²) in [4.78, 5) is 6.27. The fraction of sp³-hybridized carbons (Fsp3) is 0.278. The third-order valence-corrected chi connectivity index (χ3v) is 3.51. The van der Waals surface area contributed by atoms with Crippen molar-refractivity contribution < 1.29 is 9.13 Å². The second kappa shape index (κ2) is 8.17. The highest BCUT2D eigenvalue weighted by molar-refractivity contribution is 5.79. The van der Waals surface area contributed by atoms with Crippen LogP contribution in [0, 0.1) is 5.82 Å². The molecular formula is C18H22FN3O. The second-order valence-electron chi connectivity index (χ2n) is 5.20. The zero-order valence-corrected chi connectivity index (χ0v) is 13.7. The number of hydrogen-bond donors (Lipinski definition) is 1. The fourth-order valence-electron chi connectivity index (χ4n) is 2.38. The van der Waals surface area contributed by atoms with Crippen LogP contribution in [0.2, 0.25) is 0 Å². The number of para-hydroxylation sites is 1. The van der Waals surface area contributed by atoms with Gasteiger partial charge in [0.15, 0.2) is 5.96 Å². The summed E-state index contributed by atoms with van der Waals surface area (Å²) in [7, 11) is 5.34. The van der Waals surface area contributed by atoms with Crippen LogP contribution < -0.4 is 10.1 Å². The molecule has 0 fully saturated rings. The topological polar surface area (TPSA) is 36.9 Å². The Bertz CT molecular complexity index is 673. The molecule has 2 aromatic carbocycles. The van der Waals surface area contributed by atoms with Crippen molar-refractivity contribution in [1.29, 1.82) is 0 Å². The molecule has 0 saturated heterocycles. The van der Waals surface area contributed by atoms with Crippen LogP contribution in [0.4, 0.5) is 4.39 Å². The SMILES string of the molecule is CN=C(NCc1cccc(F)c1)N(C)Cc1ccccc1OC. The monoisotopic (exact) mass is 315 g/mol. The number of aliphatic imine (C=N–C) groups is 1. The van der Waals surface area contributed by atoms with Crippen molar-refractivity contribution in [3.63, 3.8) is 0 Å². The number of methoxy groups -OCH3 is 1. The molecular weight excluding hydrogens is 293 g/mol. The van der Waals surface area contributed by atoms with Gasteiger partial charge < -0.3 is 15.0 Å². The van der Waals surface area contributed by atoms with E-state index in [1.165, 1.54) is 12.1 Å². The van der Waals surface area contributed by atoms with Crippen molar-refractivity contribution in [2.45, 2.75) is 13.1 Å². The van der Waals surface area contributed by atoms with Gasteiger partial charge in [0, 0.05) is 32.7 Å². The summed E-state index contributed by atoms with van der Waals surface area (Å²) in [6.45, 7) is 1.17. The molecule has 0 saturated carbocycles. The highest BCUT2D eigenvalue weighted by atomic mass is 19.1. The molecule has 0 unspecified atom stereocenters. The first-order valence-electron chi connectivity index (χ1n) is 7.42. The predicted molar refractivity (Wildman–Crippen MR) is 91.1 cm³/mol. The molecule has 2 aromatic rings. The summed E-state index contributed by atoms with van der Waals surface area (Å²) in [6.07, 6.45) is 0. The van der Waals surface area contributed by atoms with Gasteiger partial charge in [0.1, 0.15) is 11.6 Å². The van der Waals surface area contributed by atoms with Gasteiger partial charge in [-0.15, -0.1) is 0 Å². The molecule has 0 aromatic heterocycles. The maximum Gasteiger partial charge on any atom is 0.193 e. The predicted octanol–water partition coefficient (Wildman–Crippen LogP) is 3.04. The van der Waals surface area contributed by atoms with E-state index in [9.17, 15) is 4.39 Å². The van der Waals surface area contributed by atoms with Crippen LogP contribution in [0.25, 0.3) is 0 Å².